The largest absolute Gasteiger partial charge is 0.208 e. The fourth-order valence-corrected chi connectivity index (χ4v) is 12.7. The van der Waals surface area contributed by atoms with Crippen LogP contribution in [-0.4, -0.2) is 15.0 Å². The van der Waals surface area contributed by atoms with Gasteiger partial charge in [0.2, 0.25) is 0 Å². The fourth-order valence-electron chi connectivity index (χ4n) is 12.7. The van der Waals surface area contributed by atoms with Crippen LogP contribution in [-0.2, 0) is 5.41 Å². The maximum atomic E-state index is 5.21. The summed E-state index contributed by atoms with van der Waals surface area (Å²) in [5.74, 6) is 5.14. The molecule has 5 aliphatic rings. The van der Waals surface area contributed by atoms with E-state index in [2.05, 4.69) is 188 Å². The first-order valence-electron chi connectivity index (χ1n) is 22.5. The molecule has 8 aromatic carbocycles. The summed E-state index contributed by atoms with van der Waals surface area (Å²) in [6, 6.07) is 68.5. The van der Waals surface area contributed by atoms with Crippen molar-refractivity contribution in [3.05, 3.63) is 199 Å². The topological polar surface area (TPSA) is 38.7 Å². The molecule has 14 rings (SSSR count). The van der Waals surface area contributed by atoms with E-state index in [1.54, 1.807) is 11.1 Å². The number of rotatable bonds is 6. The van der Waals surface area contributed by atoms with Gasteiger partial charge in [-0.25, -0.2) is 15.0 Å². The van der Waals surface area contributed by atoms with Gasteiger partial charge in [-0.15, -0.1) is 0 Å². The SMILES string of the molecule is c1ccc(-c2ccc(-c3nc(-c4ccc(-c5cccc6c5C5(c7cc8ccccc8cc7-6)C6CC7CC(C6)CC5C7)cc4)nc(-c4cccc(-c5ccccc5)c4)n3)cc2)cc1. The summed E-state index contributed by atoms with van der Waals surface area (Å²) in [4.78, 5) is 15.5. The van der Waals surface area contributed by atoms with Crippen molar-refractivity contribution in [1.82, 2.24) is 15.0 Å². The van der Waals surface area contributed by atoms with E-state index in [1.165, 1.54) is 70.7 Å². The summed E-state index contributed by atoms with van der Waals surface area (Å²) in [5.41, 5.74) is 16.3. The molecule has 0 atom stereocenters. The first kappa shape index (κ1) is 35.8. The summed E-state index contributed by atoms with van der Waals surface area (Å²) in [6.45, 7) is 0. The van der Waals surface area contributed by atoms with Crippen LogP contribution in [0, 0.1) is 23.7 Å². The van der Waals surface area contributed by atoms with E-state index in [0.717, 1.165) is 45.2 Å². The number of hydrogen-bond acceptors (Lipinski definition) is 3. The van der Waals surface area contributed by atoms with Gasteiger partial charge in [-0.1, -0.05) is 170 Å². The molecule has 0 N–H and O–H groups in total. The number of hydrogen-bond donors (Lipinski definition) is 0. The smallest absolute Gasteiger partial charge is 0.164 e. The Morgan fingerprint density at radius 2 is 0.774 bits per heavy atom. The van der Waals surface area contributed by atoms with Gasteiger partial charge in [0.15, 0.2) is 17.5 Å². The summed E-state index contributed by atoms with van der Waals surface area (Å²) in [7, 11) is 0. The maximum Gasteiger partial charge on any atom is 0.164 e. The molecule has 0 aliphatic heterocycles. The highest BCUT2D eigenvalue weighted by molar-refractivity contribution is 5.96. The van der Waals surface area contributed by atoms with E-state index >= 15 is 0 Å². The van der Waals surface area contributed by atoms with Crippen molar-refractivity contribution >= 4 is 10.8 Å². The summed E-state index contributed by atoms with van der Waals surface area (Å²) >= 11 is 0. The van der Waals surface area contributed by atoms with Crippen molar-refractivity contribution in [3.8, 4) is 78.7 Å². The van der Waals surface area contributed by atoms with Crippen LogP contribution in [0.15, 0.2) is 188 Å². The molecule has 0 radical (unpaired) electrons. The van der Waals surface area contributed by atoms with Gasteiger partial charge >= 0.3 is 0 Å². The Labute approximate surface area is 363 Å². The lowest BCUT2D eigenvalue weighted by Gasteiger charge is -2.61. The molecule has 0 unspecified atom stereocenters. The molecular formula is C59H45N3. The molecular weight excluding hydrogens is 751 g/mol. The van der Waals surface area contributed by atoms with Crippen LogP contribution >= 0.6 is 0 Å². The zero-order chi connectivity index (χ0) is 40.8. The van der Waals surface area contributed by atoms with Crippen LogP contribution in [0.1, 0.15) is 43.2 Å². The Kier molecular flexibility index (Phi) is 8.10. The van der Waals surface area contributed by atoms with Gasteiger partial charge in [-0.2, -0.15) is 0 Å². The van der Waals surface area contributed by atoms with E-state index in [0.29, 0.717) is 29.3 Å². The van der Waals surface area contributed by atoms with Gasteiger partial charge < -0.3 is 0 Å². The average Bonchev–Trinajstić information content (AvgIpc) is 3.62. The maximum absolute atomic E-state index is 5.21. The highest BCUT2D eigenvalue weighted by Crippen LogP contribution is 2.70. The first-order valence-corrected chi connectivity index (χ1v) is 22.5. The first-order chi connectivity index (χ1) is 30.7. The summed E-state index contributed by atoms with van der Waals surface area (Å²) in [6.07, 6.45) is 6.89. The second kappa shape index (κ2) is 14.0. The summed E-state index contributed by atoms with van der Waals surface area (Å²) < 4.78 is 0. The van der Waals surface area contributed by atoms with Gasteiger partial charge in [0, 0.05) is 22.1 Å². The molecule has 296 valence electrons. The minimum atomic E-state index is 0.0553. The third kappa shape index (κ3) is 5.61. The second-order valence-corrected chi connectivity index (χ2v) is 18.4. The zero-order valence-corrected chi connectivity index (χ0v) is 34.6. The number of fused-ring (bicyclic) bond motifs is 4. The van der Waals surface area contributed by atoms with Gasteiger partial charge in [0.25, 0.3) is 0 Å². The molecule has 0 saturated heterocycles. The fraction of sp³-hybridized carbons (Fsp3) is 0.169. The third-order valence-corrected chi connectivity index (χ3v) is 15.1. The third-order valence-electron chi connectivity index (χ3n) is 15.1. The van der Waals surface area contributed by atoms with Crippen molar-refractivity contribution < 1.29 is 0 Å². The molecule has 1 heterocycles. The quantitative estimate of drug-likeness (QED) is 0.168. The predicted octanol–water partition coefficient (Wildman–Crippen LogP) is 14.7. The van der Waals surface area contributed by atoms with E-state index in [1.807, 2.05) is 0 Å². The van der Waals surface area contributed by atoms with Crippen LogP contribution in [0.4, 0.5) is 0 Å². The van der Waals surface area contributed by atoms with Crippen LogP contribution in [0.3, 0.4) is 0 Å². The Balaban J connectivity index is 0.932. The van der Waals surface area contributed by atoms with Crippen LogP contribution in [0.2, 0.25) is 0 Å². The highest BCUT2D eigenvalue weighted by atomic mass is 15.0. The lowest BCUT2D eigenvalue weighted by atomic mass is 9.42. The molecule has 4 bridgehead atoms. The van der Waals surface area contributed by atoms with Crippen molar-refractivity contribution in [3.63, 3.8) is 0 Å². The lowest BCUT2D eigenvalue weighted by Crippen LogP contribution is -2.55. The van der Waals surface area contributed by atoms with Crippen LogP contribution < -0.4 is 0 Å². The highest BCUT2D eigenvalue weighted by Gasteiger charge is 2.62. The Hall–Kier alpha value is -6.97. The molecule has 9 aromatic rings. The number of nitrogens with zero attached hydrogens (tertiary/aromatic N) is 3. The normalized spacial score (nSPS) is 21.6. The van der Waals surface area contributed by atoms with Crippen molar-refractivity contribution in [2.24, 2.45) is 23.7 Å². The molecule has 3 nitrogen and oxygen atoms in total. The zero-order valence-electron chi connectivity index (χ0n) is 34.6. The Morgan fingerprint density at radius 1 is 0.323 bits per heavy atom. The molecule has 4 saturated carbocycles. The minimum Gasteiger partial charge on any atom is -0.208 e. The van der Waals surface area contributed by atoms with E-state index in [9.17, 15) is 0 Å². The summed E-state index contributed by atoms with van der Waals surface area (Å²) in [5, 5.41) is 2.70. The number of benzene rings is 8. The number of aromatic nitrogens is 3. The van der Waals surface area contributed by atoms with Gasteiger partial charge in [0.1, 0.15) is 0 Å². The monoisotopic (exact) mass is 795 g/mol. The van der Waals surface area contributed by atoms with Gasteiger partial charge in [0.05, 0.1) is 0 Å². The van der Waals surface area contributed by atoms with Crippen LogP contribution in [0.25, 0.3) is 89.4 Å². The van der Waals surface area contributed by atoms with Crippen molar-refractivity contribution in [1.29, 1.82) is 0 Å². The molecule has 1 spiro atoms. The molecule has 4 fully saturated rings. The Bertz CT molecular complexity index is 3140. The molecule has 3 heteroatoms. The van der Waals surface area contributed by atoms with Crippen molar-refractivity contribution in [2.75, 3.05) is 0 Å². The average molecular weight is 796 g/mol. The van der Waals surface area contributed by atoms with E-state index in [-0.39, 0.29) is 5.41 Å². The van der Waals surface area contributed by atoms with Crippen molar-refractivity contribution in [2.45, 2.75) is 37.5 Å². The molecule has 1 aromatic heterocycles. The van der Waals surface area contributed by atoms with E-state index in [4.69, 9.17) is 15.0 Å². The second-order valence-electron chi connectivity index (χ2n) is 18.4. The van der Waals surface area contributed by atoms with Gasteiger partial charge in [-0.3, -0.25) is 0 Å². The predicted molar refractivity (Wildman–Crippen MR) is 253 cm³/mol. The van der Waals surface area contributed by atoms with Crippen LogP contribution in [0.5, 0.6) is 0 Å². The Morgan fingerprint density at radius 3 is 1.40 bits per heavy atom. The minimum absolute atomic E-state index is 0.0553. The van der Waals surface area contributed by atoms with E-state index < -0.39 is 0 Å². The van der Waals surface area contributed by atoms with Gasteiger partial charge in [-0.05, 0) is 140 Å². The molecule has 62 heavy (non-hydrogen) atoms. The standard InChI is InChI=1S/C59H45N3/c1-3-11-39(12-4-1)41-21-25-43(26-22-41)56-60-57(62-58(61-56)48-18-9-17-45(34-48)40-13-5-2-6-14-40)44-27-23-42(24-28-44)51-19-10-20-52-53-35-46-15-7-8-16-47(46)36-54(53)59(55(51)52)49-30-37-29-38(32-49)33-50(59)31-37/h1-28,34-38,49-50H,29-33H2. The lowest BCUT2D eigenvalue weighted by molar-refractivity contribution is -0.0396. The molecule has 0 amide bonds. The molecule has 5 aliphatic carbocycles.